The number of hydrogen-bond acceptors (Lipinski definition) is 6. The van der Waals surface area contributed by atoms with E-state index in [1.165, 1.54) is 24.3 Å². The summed E-state index contributed by atoms with van der Waals surface area (Å²) in [6.45, 7) is 11.1. The third-order valence-corrected chi connectivity index (χ3v) is 5.76. The predicted octanol–water partition coefficient (Wildman–Crippen LogP) is 5.20. The van der Waals surface area contributed by atoms with E-state index in [9.17, 15) is 22.8 Å². The molecule has 194 valence electrons. The summed E-state index contributed by atoms with van der Waals surface area (Å²) in [6.07, 6.45) is -3.52. The number of carbonyl (C=O) groups is 2. The molecule has 1 aromatic carbocycles. The van der Waals surface area contributed by atoms with E-state index in [0.717, 1.165) is 5.57 Å². The maximum Gasteiger partial charge on any atom is 0.493 e. The van der Waals surface area contributed by atoms with Crippen LogP contribution in [0.4, 0.5) is 23.4 Å². The Balaban J connectivity index is 1.82. The Morgan fingerprint density at radius 1 is 1.35 bits per heavy atom. The van der Waals surface area contributed by atoms with Crippen LogP contribution in [0, 0.1) is 12.7 Å². The molecule has 12 heteroatoms. The number of benzene rings is 1. The minimum Gasteiger partial charge on any atom is -0.365 e. The maximum atomic E-state index is 15.2. The Morgan fingerprint density at radius 2 is 2.08 bits per heavy atom. The summed E-state index contributed by atoms with van der Waals surface area (Å²) in [5, 5.41) is 3.47. The number of allylic oxidation sites excluding steroid dienone is 1. The van der Waals surface area contributed by atoms with E-state index in [1.807, 2.05) is 6.92 Å². The normalized spacial score (nSPS) is 15.5. The molecule has 4 rings (SSSR count). The number of hydroxylamine groups is 2. The van der Waals surface area contributed by atoms with Crippen LogP contribution in [0.1, 0.15) is 41.0 Å². The molecule has 0 aliphatic carbocycles. The van der Waals surface area contributed by atoms with Gasteiger partial charge in [-0.15, -0.1) is 6.58 Å². The van der Waals surface area contributed by atoms with E-state index >= 15 is 4.39 Å². The van der Waals surface area contributed by atoms with Crippen LogP contribution in [-0.2, 0) is 9.63 Å². The third-order valence-electron chi connectivity index (χ3n) is 5.76. The van der Waals surface area contributed by atoms with Crippen LogP contribution in [0.15, 0.2) is 43.0 Å². The number of aryl methyl sites for hydroxylation is 1. The summed E-state index contributed by atoms with van der Waals surface area (Å²) < 4.78 is 53.5. The Morgan fingerprint density at radius 3 is 2.73 bits per heavy atom. The van der Waals surface area contributed by atoms with Crippen LogP contribution in [0.3, 0.4) is 0 Å². The molecule has 2 aromatic heterocycles. The van der Waals surface area contributed by atoms with Crippen molar-refractivity contribution in [1.29, 1.82) is 0 Å². The summed E-state index contributed by atoms with van der Waals surface area (Å²) in [7, 11) is 0. The van der Waals surface area contributed by atoms with Crippen molar-refractivity contribution in [2.24, 2.45) is 0 Å². The molecule has 1 aliphatic rings. The molecule has 0 spiro atoms. The molecule has 1 aliphatic heterocycles. The van der Waals surface area contributed by atoms with Crippen LogP contribution >= 0.6 is 0 Å². The molecule has 2 N–H and O–H groups in total. The predicted molar refractivity (Wildman–Crippen MR) is 128 cm³/mol. The molecule has 0 radical (unpaired) electrons. The number of aromatic amines is 1. The van der Waals surface area contributed by atoms with Gasteiger partial charge >= 0.3 is 12.1 Å². The second kappa shape index (κ2) is 9.68. The van der Waals surface area contributed by atoms with E-state index in [1.54, 1.807) is 6.92 Å². The molecule has 0 saturated heterocycles. The summed E-state index contributed by atoms with van der Waals surface area (Å²) in [5.41, 5.74) is 2.54. The Kier molecular flexibility index (Phi) is 6.76. The van der Waals surface area contributed by atoms with Gasteiger partial charge in [-0.2, -0.15) is 18.2 Å². The number of amides is 1. The number of hydrogen-bond donors (Lipinski definition) is 2. The topological polar surface area (TPSA) is 100 Å². The van der Waals surface area contributed by atoms with Crippen molar-refractivity contribution >= 4 is 28.7 Å². The Bertz CT molecular complexity index is 1430. The minimum atomic E-state index is -5.28. The fourth-order valence-corrected chi connectivity index (χ4v) is 4.08. The third kappa shape index (κ3) is 5.04. The van der Waals surface area contributed by atoms with Gasteiger partial charge in [0.05, 0.1) is 34.6 Å². The highest BCUT2D eigenvalue weighted by Crippen LogP contribution is 2.37. The first-order chi connectivity index (χ1) is 17.4. The van der Waals surface area contributed by atoms with Crippen molar-refractivity contribution in [3.63, 3.8) is 0 Å². The van der Waals surface area contributed by atoms with Crippen LogP contribution in [0.25, 0.3) is 22.3 Å². The monoisotopic (exact) mass is 517 g/mol. The number of H-pyrrole nitrogens is 1. The largest absolute Gasteiger partial charge is 0.493 e. The van der Waals surface area contributed by atoms with Crippen LogP contribution in [0.2, 0.25) is 0 Å². The lowest BCUT2D eigenvalue weighted by molar-refractivity contribution is -0.229. The first-order valence-electron chi connectivity index (χ1n) is 11.2. The van der Waals surface area contributed by atoms with Crippen LogP contribution in [0.5, 0.6) is 0 Å². The van der Waals surface area contributed by atoms with E-state index in [-0.39, 0.29) is 35.3 Å². The number of carbonyl (C=O) groups excluding carboxylic acids is 2. The average Bonchev–Trinajstić information content (AvgIpc) is 3.25. The first kappa shape index (κ1) is 25.9. The molecular formula is C25H23F4N5O3. The number of nitrogens with zero attached hydrogens (tertiary/aromatic N) is 3. The smallest absolute Gasteiger partial charge is 0.365 e. The lowest BCUT2D eigenvalue weighted by Gasteiger charge is -2.30. The van der Waals surface area contributed by atoms with Crippen molar-refractivity contribution in [2.75, 3.05) is 18.4 Å². The number of aromatic nitrogens is 3. The summed E-state index contributed by atoms with van der Waals surface area (Å²) in [6, 6.07) is 4.00. The van der Waals surface area contributed by atoms with Crippen LogP contribution in [-0.4, -0.2) is 51.2 Å². The zero-order valence-corrected chi connectivity index (χ0v) is 20.0. The van der Waals surface area contributed by atoms with Gasteiger partial charge in [0.2, 0.25) is 0 Å². The number of fused-ring (bicyclic) bond motifs is 2. The molecule has 1 atom stereocenters. The number of halogens is 4. The van der Waals surface area contributed by atoms with Crippen molar-refractivity contribution in [3.05, 3.63) is 65.8 Å². The molecule has 1 unspecified atom stereocenters. The number of anilines is 1. The fraction of sp³-hybridized carbons (Fsp3) is 0.280. The molecule has 1 amide bonds. The standard InChI is InChI=1S/C25H23F4N5O3/c1-5-6-14-11-34(37-24(36)25(27,28)29)23(35)15-9-18(32-20(14)15)19-16(26)7-8-17-21(19)33-22(13(4)31-17)30-10-12(2)3/h5,7-9,14,32H,1-2,6,10-11H2,3-4H3,(H,30,33). The highest BCUT2D eigenvalue weighted by molar-refractivity contribution is 6.00. The van der Waals surface area contributed by atoms with Gasteiger partial charge in [-0.25, -0.2) is 19.2 Å². The lowest BCUT2D eigenvalue weighted by atomic mass is 9.94. The maximum absolute atomic E-state index is 15.2. The Hall–Kier alpha value is -4.22. The molecule has 8 nitrogen and oxygen atoms in total. The van der Waals surface area contributed by atoms with Crippen LogP contribution < -0.4 is 5.32 Å². The minimum absolute atomic E-state index is 0.0294. The Labute approximate surface area is 209 Å². The van der Waals surface area contributed by atoms with Gasteiger partial charge in [-0.1, -0.05) is 18.2 Å². The van der Waals surface area contributed by atoms with E-state index in [4.69, 9.17) is 0 Å². The van der Waals surface area contributed by atoms with Crippen molar-refractivity contribution in [2.45, 2.75) is 32.4 Å². The first-order valence-corrected chi connectivity index (χ1v) is 11.2. The average molecular weight is 517 g/mol. The second-order valence-corrected chi connectivity index (χ2v) is 8.73. The number of nitrogens with one attached hydrogen (secondary N) is 2. The highest BCUT2D eigenvalue weighted by Gasteiger charge is 2.45. The van der Waals surface area contributed by atoms with E-state index in [0.29, 0.717) is 34.3 Å². The van der Waals surface area contributed by atoms with Gasteiger partial charge in [-0.3, -0.25) is 4.79 Å². The number of alkyl halides is 3. The van der Waals surface area contributed by atoms with Gasteiger partial charge in [0.1, 0.15) is 17.2 Å². The molecular weight excluding hydrogens is 494 g/mol. The summed E-state index contributed by atoms with van der Waals surface area (Å²) in [4.78, 5) is 40.8. The van der Waals surface area contributed by atoms with Gasteiger partial charge in [0.25, 0.3) is 5.91 Å². The van der Waals surface area contributed by atoms with Crippen molar-refractivity contribution in [1.82, 2.24) is 20.0 Å². The number of rotatable bonds is 7. The quantitative estimate of drug-likeness (QED) is 0.330. The summed E-state index contributed by atoms with van der Waals surface area (Å²) in [5.74, 6) is -4.30. The molecule has 0 fully saturated rings. The van der Waals surface area contributed by atoms with Crippen molar-refractivity contribution < 1.29 is 32.0 Å². The SMILES string of the molecule is C=CCC1CN(OC(=O)C(F)(F)F)C(=O)c2cc(-c3c(F)ccc4nc(C)c(NCC(=C)C)nc34)[nH]c21. The van der Waals surface area contributed by atoms with Gasteiger partial charge in [0, 0.05) is 18.2 Å². The van der Waals surface area contributed by atoms with Gasteiger partial charge < -0.3 is 15.1 Å². The van der Waals surface area contributed by atoms with Gasteiger partial charge in [-0.05, 0) is 38.5 Å². The second-order valence-electron chi connectivity index (χ2n) is 8.73. The fourth-order valence-electron chi connectivity index (χ4n) is 4.08. The molecule has 3 aromatic rings. The zero-order valence-electron chi connectivity index (χ0n) is 20.0. The highest BCUT2D eigenvalue weighted by atomic mass is 19.4. The molecule has 0 saturated carbocycles. The lowest BCUT2D eigenvalue weighted by Crippen LogP contribution is -2.43. The molecule has 37 heavy (non-hydrogen) atoms. The summed E-state index contributed by atoms with van der Waals surface area (Å²) >= 11 is 0. The van der Waals surface area contributed by atoms with E-state index in [2.05, 4.69) is 38.3 Å². The zero-order chi connectivity index (χ0) is 27.1. The van der Waals surface area contributed by atoms with Gasteiger partial charge in [0.15, 0.2) is 0 Å². The molecule has 0 bridgehead atoms. The van der Waals surface area contributed by atoms with Crippen molar-refractivity contribution in [3.8, 4) is 11.3 Å². The molecule has 3 heterocycles. The van der Waals surface area contributed by atoms with E-state index < -0.39 is 29.8 Å².